The van der Waals surface area contributed by atoms with Gasteiger partial charge in [-0.1, -0.05) is 30.3 Å². The number of aromatic nitrogens is 2. The molecule has 1 aromatic heterocycles. The Balaban J connectivity index is 1.62. The number of alkyl halides is 3. The minimum Gasteiger partial charge on any atom is -0.405 e. The number of benzene rings is 2. The molecule has 1 N–H and O–H groups in total. The van der Waals surface area contributed by atoms with E-state index in [4.69, 9.17) is 0 Å². The highest BCUT2D eigenvalue weighted by molar-refractivity contribution is 5.74. The lowest BCUT2D eigenvalue weighted by atomic mass is 10.1. The van der Waals surface area contributed by atoms with Crippen molar-refractivity contribution < 1.29 is 22.7 Å². The number of ether oxygens (including phenoxy) is 1. The zero-order chi connectivity index (χ0) is 21.7. The second-order valence-corrected chi connectivity index (χ2v) is 6.74. The Morgan fingerprint density at radius 2 is 1.90 bits per heavy atom. The summed E-state index contributed by atoms with van der Waals surface area (Å²) in [5.41, 5.74) is 2.08. The molecule has 3 aromatic rings. The minimum absolute atomic E-state index is 0.0373. The van der Waals surface area contributed by atoms with Crippen molar-refractivity contribution in [3.63, 3.8) is 0 Å². The van der Waals surface area contributed by atoms with Crippen LogP contribution in [0.3, 0.4) is 0 Å². The fourth-order valence-electron chi connectivity index (χ4n) is 2.91. The monoisotopic (exact) mass is 418 g/mol. The van der Waals surface area contributed by atoms with Gasteiger partial charge in [-0.3, -0.25) is 0 Å². The highest BCUT2D eigenvalue weighted by atomic mass is 19.4. The van der Waals surface area contributed by atoms with Crippen LogP contribution >= 0.6 is 0 Å². The maximum atomic E-state index is 12.6. The summed E-state index contributed by atoms with van der Waals surface area (Å²) in [5.74, 6) is -0.326. The van der Waals surface area contributed by atoms with Crippen molar-refractivity contribution >= 4 is 6.03 Å². The summed E-state index contributed by atoms with van der Waals surface area (Å²) in [7, 11) is 1.51. The first kappa shape index (κ1) is 21.2. The van der Waals surface area contributed by atoms with Crippen molar-refractivity contribution in [3.8, 4) is 11.4 Å². The van der Waals surface area contributed by atoms with Crippen LogP contribution in [0.5, 0.6) is 5.75 Å². The van der Waals surface area contributed by atoms with Crippen molar-refractivity contribution in [2.45, 2.75) is 25.9 Å². The average Bonchev–Trinajstić information content (AvgIpc) is 3.23. The molecule has 0 saturated heterocycles. The molecule has 1 heterocycles. The molecule has 2 aromatic carbocycles. The lowest BCUT2D eigenvalue weighted by Gasteiger charge is -2.23. The zero-order valence-corrected chi connectivity index (χ0v) is 16.4. The van der Waals surface area contributed by atoms with Gasteiger partial charge in [-0.2, -0.15) is 0 Å². The largest absolute Gasteiger partial charge is 0.573 e. The molecule has 0 radical (unpaired) electrons. The molecule has 2 amide bonds. The van der Waals surface area contributed by atoms with Gasteiger partial charge in [0.05, 0.1) is 18.9 Å². The van der Waals surface area contributed by atoms with Crippen LogP contribution in [0, 0.1) is 0 Å². The van der Waals surface area contributed by atoms with E-state index in [1.54, 1.807) is 18.6 Å². The number of urea groups is 1. The highest BCUT2D eigenvalue weighted by Gasteiger charge is 2.32. The molecule has 0 spiro atoms. The van der Waals surface area contributed by atoms with Crippen molar-refractivity contribution in [3.05, 3.63) is 78.4 Å². The van der Waals surface area contributed by atoms with Crippen LogP contribution in [-0.2, 0) is 6.54 Å². The van der Waals surface area contributed by atoms with E-state index < -0.39 is 12.4 Å². The summed E-state index contributed by atoms with van der Waals surface area (Å²) in [4.78, 5) is 17.8. The summed E-state index contributed by atoms with van der Waals surface area (Å²) < 4.78 is 43.6. The molecule has 9 heteroatoms. The molecule has 0 aliphatic rings. The molecule has 0 aliphatic carbocycles. The maximum absolute atomic E-state index is 12.6. The second-order valence-electron chi connectivity index (χ2n) is 6.74. The standard InChI is InChI=1S/C21H21F3N4O2/c1-15(16-7-9-18(10-8-16)28-12-11-25-14-28)26-20(29)27(2)13-17-5-3-4-6-19(17)30-21(22,23)24/h3-12,14-15H,13H2,1-2H3,(H,26,29)/t15-/m1/s1. The summed E-state index contributed by atoms with van der Waals surface area (Å²) in [5, 5.41) is 2.84. The Kier molecular flexibility index (Phi) is 6.29. The Hall–Kier alpha value is -3.49. The summed E-state index contributed by atoms with van der Waals surface area (Å²) in [6.07, 6.45) is 0.407. The number of amides is 2. The zero-order valence-electron chi connectivity index (χ0n) is 16.4. The molecular formula is C21H21F3N4O2. The highest BCUT2D eigenvalue weighted by Crippen LogP contribution is 2.27. The number of para-hydroxylation sites is 1. The number of nitrogens with one attached hydrogen (secondary N) is 1. The number of imidazole rings is 1. The molecule has 6 nitrogen and oxygen atoms in total. The third-order valence-electron chi connectivity index (χ3n) is 4.49. The first-order chi connectivity index (χ1) is 14.2. The van der Waals surface area contributed by atoms with Crippen LogP contribution in [0.1, 0.15) is 24.1 Å². The first-order valence-electron chi connectivity index (χ1n) is 9.16. The number of carbonyl (C=O) groups is 1. The normalized spacial score (nSPS) is 12.3. The number of halogens is 3. The molecule has 0 fully saturated rings. The summed E-state index contributed by atoms with van der Waals surface area (Å²) in [6.45, 7) is 1.79. The lowest BCUT2D eigenvalue weighted by Crippen LogP contribution is -2.38. The van der Waals surface area contributed by atoms with Gasteiger partial charge in [0, 0.05) is 30.7 Å². The molecule has 30 heavy (non-hydrogen) atoms. The predicted octanol–water partition coefficient (Wildman–Crippen LogP) is 4.67. The van der Waals surface area contributed by atoms with E-state index >= 15 is 0 Å². The molecule has 0 aliphatic heterocycles. The molecule has 158 valence electrons. The summed E-state index contributed by atoms with van der Waals surface area (Å²) in [6, 6.07) is 12.7. The van der Waals surface area contributed by atoms with Gasteiger partial charge in [0.15, 0.2) is 0 Å². The summed E-state index contributed by atoms with van der Waals surface area (Å²) >= 11 is 0. The van der Waals surface area contributed by atoms with Crippen molar-refractivity contribution in [1.82, 2.24) is 19.8 Å². The molecule has 1 atom stereocenters. The Labute approximate surface area is 171 Å². The van der Waals surface area contributed by atoms with Crippen molar-refractivity contribution in [2.75, 3.05) is 7.05 Å². The smallest absolute Gasteiger partial charge is 0.405 e. The van der Waals surface area contributed by atoms with Crippen molar-refractivity contribution in [1.29, 1.82) is 0 Å². The van der Waals surface area contributed by atoms with E-state index in [0.717, 1.165) is 11.3 Å². The van der Waals surface area contributed by atoms with Gasteiger partial charge in [0.2, 0.25) is 0 Å². The molecule has 0 unspecified atom stereocenters. The number of nitrogens with zero attached hydrogens (tertiary/aromatic N) is 3. The van der Waals surface area contributed by atoms with E-state index in [0.29, 0.717) is 0 Å². The SMILES string of the molecule is C[C@@H](NC(=O)N(C)Cc1ccccc1OC(F)(F)F)c1ccc(-n2ccnc2)cc1. The maximum Gasteiger partial charge on any atom is 0.573 e. The van der Waals surface area contributed by atoms with Gasteiger partial charge in [-0.05, 0) is 30.7 Å². The van der Waals surface area contributed by atoms with Crippen LogP contribution in [0.25, 0.3) is 5.69 Å². The quantitative estimate of drug-likeness (QED) is 0.633. The number of rotatable bonds is 6. The van der Waals surface area contributed by atoms with Gasteiger partial charge in [0.1, 0.15) is 5.75 Å². The first-order valence-corrected chi connectivity index (χ1v) is 9.16. The third kappa shape index (κ3) is 5.53. The van der Waals surface area contributed by atoms with E-state index in [-0.39, 0.29) is 23.9 Å². The fourth-order valence-corrected chi connectivity index (χ4v) is 2.91. The van der Waals surface area contributed by atoms with Crippen LogP contribution in [-0.4, -0.2) is 33.9 Å². The van der Waals surface area contributed by atoms with Crippen molar-refractivity contribution in [2.24, 2.45) is 0 Å². The van der Waals surface area contributed by atoms with Gasteiger partial charge >= 0.3 is 12.4 Å². The van der Waals surface area contributed by atoms with E-state index in [2.05, 4.69) is 15.0 Å². The Morgan fingerprint density at radius 1 is 1.20 bits per heavy atom. The van der Waals surface area contributed by atoms with E-state index in [9.17, 15) is 18.0 Å². The van der Waals surface area contributed by atoms with Crippen LogP contribution in [0.4, 0.5) is 18.0 Å². The van der Waals surface area contributed by atoms with Crippen LogP contribution < -0.4 is 10.1 Å². The number of carbonyl (C=O) groups excluding carboxylic acids is 1. The topological polar surface area (TPSA) is 59.4 Å². The second kappa shape index (κ2) is 8.89. The molecular weight excluding hydrogens is 397 g/mol. The number of hydrogen-bond acceptors (Lipinski definition) is 3. The van der Waals surface area contributed by atoms with Crippen LogP contribution in [0.15, 0.2) is 67.3 Å². The van der Waals surface area contributed by atoms with E-state index in [1.807, 2.05) is 42.0 Å². The molecule has 0 bridgehead atoms. The lowest BCUT2D eigenvalue weighted by molar-refractivity contribution is -0.275. The van der Waals surface area contributed by atoms with Gasteiger partial charge in [-0.15, -0.1) is 13.2 Å². The molecule has 0 saturated carbocycles. The average molecular weight is 418 g/mol. The minimum atomic E-state index is -4.80. The van der Waals surface area contributed by atoms with Crippen LogP contribution in [0.2, 0.25) is 0 Å². The third-order valence-corrected chi connectivity index (χ3v) is 4.49. The van der Waals surface area contributed by atoms with E-state index in [1.165, 1.54) is 30.1 Å². The Bertz CT molecular complexity index is 973. The Morgan fingerprint density at radius 3 is 2.53 bits per heavy atom. The van der Waals surface area contributed by atoms with Gasteiger partial charge in [-0.25, -0.2) is 9.78 Å². The molecule has 3 rings (SSSR count). The number of hydrogen-bond donors (Lipinski definition) is 1. The predicted molar refractivity (Wildman–Crippen MR) is 105 cm³/mol. The van der Waals surface area contributed by atoms with Gasteiger partial charge < -0.3 is 19.5 Å². The fraction of sp³-hybridized carbons (Fsp3) is 0.238. The van der Waals surface area contributed by atoms with Gasteiger partial charge in [0.25, 0.3) is 0 Å².